The van der Waals surface area contributed by atoms with Crippen molar-refractivity contribution in [1.82, 2.24) is 4.98 Å². The first-order valence-electron chi connectivity index (χ1n) is 4.77. The van der Waals surface area contributed by atoms with Crippen molar-refractivity contribution in [3.8, 4) is 6.07 Å². The van der Waals surface area contributed by atoms with Crippen molar-refractivity contribution < 1.29 is 5.26 Å². The Kier molecular flexibility index (Phi) is 4.27. The van der Waals surface area contributed by atoms with Crippen LogP contribution in [0.3, 0.4) is 0 Å². The van der Waals surface area contributed by atoms with Gasteiger partial charge in [-0.3, -0.25) is 4.98 Å². The Bertz CT molecular complexity index is 409. The van der Waals surface area contributed by atoms with E-state index in [9.17, 15) is 0 Å². The van der Waals surface area contributed by atoms with Gasteiger partial charge in [-0.15, -0.1) is 0 Å². The van der Waals surface area contributed by atoms with E-state index < -0.39 is 4.75 Å². The molecule has 3 nitrogen and oxygen atoms in total. The molecule has 0 fully saturated rings. The Morgan fingerprint density at radius 3 is 2.56 bits per heavy atom. The molecule has 0 saturated heterocycles. The van der Waals surface area contributed by atoms with Crippen molar-refractivity contribution in [2.45, 2.75) is 18.6 Å². The van der Waals surface area contributed by atoms with E-state index >= 15 is 0 Å². The fourth-order valence-corrected chi connectivity index (χ4v) is 2.45. The minimum atomic E-state index is -0.391. The maximum absolute atomic E-state index is 7.19. The average molecular weight is 252 g/mol. The number of aromatic nitrogens is 1. The highest BCUT2D eigenvalue weighted by Gasteiger charge is 2.25. The third-order valence-electron chi connectivity index (χ3n) is 1.97. The SMILES string of the molecule is CN(C(=S)SC(C)(C)C#[NH+])c1ccncc1. The molecule has 0 bridgehead atoms. The largest absolute Gasteiger partial charge is 0.330 e. The van der Waals surface area contributed by atoms with Crippen molar-refractivity contribution in [1.29, 1.82) is 0 Å². The van der Waals surface area contributed by atoms with Crippen molar-refractivity contribution in [3.63, 3.8) is 0 Å². The molecule has 0 aliphatic rings. The minimum absolute atomic E-state index is 0.391. The average Bonchev–Trinajstić information content (AvgIpc) is 2.28. The van der Waals surface area contributed by atoms with Gasteiger partial charge in [-0.2, -0.15) is 0 Å². The quantitative estimate of drug-likeness (QED) is 0.800. The summed E-state index contributed by atoms with van der Waals surface area (Å²) in [7, 11) is 1.91. The maximum Gasteiger partial charge on any atom is 0.287 e. The van der Waals surface area contributed by atoms with Crippen LogP contribution in [0.4, 0.5) is 5.69 Å². The van der Waals surface area contributed by atoms with Crippen LogP contribution in [-0.4, -0.2) is 21.1 Å². The molecular weight excluding hydrogens is 238 g/mol. The summed E-state index contributed by atoms with van der Waals surface area (Å²) in [4.78, 5) is 5.86. The third-order valence-corrected chi connectivity index (χ3v) is 3.55. The third kappa shape index (κ3) is 3.47. The Morgan fingerprint density at radius 2 is 2.06 bits per heavy atom. The summed E-state index contributed by atoms with van der Waals surface area (Å²) in [6.45, 7) is 3.83. The van der Waals surface area contributed by atoms with Gasteiger partial charge in [0.15, 0.2) is 0 Å². The number of thiocarbonyl (C=S) groups is 1. The number of anilines is 1. The molecule has 1 aromatic rings. The fourth-order valence-electron chi connectivity index (χ4n) is 0.985. The zero-order valence-electron chi connectivity index (χ0n) is 9.52. The molecule has 0 amide bonds. The highest BCUT2D eigenvalue weighted by molar-refractivity contribution is 8.24. The lowest BCUT2D eigenvalue weighted by Gasteiger charge is -2.22. The van der Waals surface area contributed by atoms with Gasteiger partial charge >= 0.3 is 0 Å². The number of hydrogen-bond acceptors (Lipinski definition) is 3. The lowest BCUT2D eigenvalue weighted by Crippen LogP contribution is -2.31. The zero-order valence-corrected chi connectivity index (χ0v) is 11.2. The van der Waals surface area contributed by atoms with Gasteiger partial charge in [-0.05, 0) is 26.0 Å². The minimum Gasteiger partial charge on any atom is -0.330 e. The van der Waals surface area contributed by atoms with Crippen LogP contribution in [0.5, 0.6) is 0 Å². The second kappa shape index (κ2) is 5.28. The van der Waals surface area contributed by atoms with E-state index in [1.54, 1.807) is 12.4 Å². The first-order chi connectivity index (χ1) is 7.46. The molecule has 1 N–H and O–H groups in total. The molecule has 0 atom stereocenters. The lowest BCUT2D eigenvalue weighted by atomic mass is 10.2. The molecule has 16 heavy (non-hydrogen) atoms. The summed E-state index contributed by atoms with van der Waals surface area (Å²) < 4.78 is 0.328. The predicted octanol–water partition coefficient (Wildman–Crippen LogP) is 1.09. The van der Waals surface area contributed by atoms with E-state index in [-0.39, 0.29) is 0 Å². The van der Waals surface area contributed by atoms with E-state index in [0.29, 0.717) is 0 Å². The summed E-state index contributed by atoms with van der Waals surface area (Å²) in [6, 6.07) is 6.26. The number of pyridine rings is 1. The van der Waals surface area contributed by atoms with Crippen molar-refractivity contribution >= 4 is 34.0 Å². The number of nitrogens with one attached hydrogen (secondary N) is 1. The van der Waals surface area contributed by atoms with Gasteiger partial charge in [-0.1, -0.05) is 29.2 Å². The standard InChI is InChI=1S/C11H13N3S2/c1-11(2,8-12)16-10(15)14(3)9-4-6-13-7-5-9/h4-7H,1-3H3/p+1. The van der Waals surface area contributed by atoms with Gasteiger partial charge in [-0.25, -0.2) is 0 Å². The summed E-state index contributed by atoms with van der Waals surface area (Å²) in [6.07, 6.45) is 3.46. The molecule has 0 spiro atoms. The molecule has 0 aliphatic heterocycles. The Labute approximate surface area is 105 Å². The molecule has 0 radical (unpaired) electrons. The zero-order chi connectivity index (χ0) is 12.2. The number of thioether (sulfide) groups is 1. The Morgan fingerprint density at radius 1 is 1.50 bits per heavy atom. The molecule has 0 unspecified atom stereocenters. The van der Waals surface area contributed by atoms with E-state index in [0.717, 1.165) is 10.0 Å². The molecule has 0 aliphatic carbocycles. The second-order valence-electron chi connectivity index (χ2n) is 3.77. The normalized spacial score (nSPS) is 10.6. The van der Waals surface area contributed by atoms with E-state index in [2.05, 4.69) is 11.1 Å². The second-order valence-corrected chi connectivity index (χ2v) is 6.02. The van der Waals surface area contributed by atoms with Gasteiger partial charge in [0.1, 0.15) is 9.07 Å². The van der Waals surface area contributed by atoms with E-state index in [4.69, 9.17) is 17.5 Å². The van der Waals surface area contributed by atoms with Gasteiger partial charge < -0.3 is 4.90 Å². The molecule has 84 valence electrons. The highest BCUT2D eigenvalue weighted by Crippen LogP contribution is 2.27. The van der Waals surface area contributed by atoms with Crippen molar-refractivity contribution in [3.05, 3.63) is 24.5 Å². The molecule has 1 aromatic heterocycles. The van der Waals surface area contributed by atoms with Crippen LogP contribution in [0.15, 0.2) is 24.5 Å². The van der Waals surface area contributed by atoms with Gasteiger partial charge in [0.2, 0.25) is 0 Å². The first-order valence-corrected chi connectivity index (χ1v) is 5.99. The number of rotatable bonds is 2. The predicted molar refractivity (Wildman–Crippen MR) is 71.8 cm³/mol. The van der Waals surface area contributed by atoms with Crippen LogP contribution >= 0.6 is 24.0 Å². The van der Waals surface area contributed by atoms with Gasteiger partial charge in [0.25, 0.3) is 6.07 Å². The lowest BCUT2D eigenvalue weighted by molar-refractivity contribution is -0.0962. The Balaban J connectivity index is 2.74. The summed E-state index contributed by atoms with van der Waals surface area (Å²) in [5, 5.41) is 7.19. The van der Waals surface area contributed by atoms with Crippen LogP contribution in [0, 0.1) is 6.07 Å². The van der Waals surface area contributed by atoms with Gasteiger partial charge in [0.05, 0.1) is 0 Å². The van der Waals surface area contributed by atoms with Crippen molar-refractivity contribution in [2.75, 3.05) is 11.9 Å². The Hall–Kier alpha value is -1.12. The van der Waals surface area contributed by atoms with Crippen molar-refractivity contribution in [2.24, 2.45) is 0 Å². The molecule has 0 aromatic carbocycles. The molecule has 5 heteroatoms. The monoisotopic (exact) mass is 252 g/mol. The van der Waals surface area contributed by atoms with Gasteiger partial charge in [0, 0.05) is 25.1 Å². The molecule has 1 rings (SSSR count). The van der Waals surface area contributed by atoms with Crippen LogP contribution < -0.4 is 10.2 Å². The summed E-state index contributed by atoms with van der Waals surface area (Å²) in [5.74, 6) is 0. The number of nitrogens with zero attached hydrogens (tertiary/aromatic N) is 2. The topological polar surface area (TPSA) is 39.9 Å². The van der Waals surface area contributed by atoms with E-state index in [1.165, 1.54) is 11.8 Å². The van der Waals surface area contributed by atoms with E-state index in [1.807, 2.05) is 37.9 Å². The van der Waals surface area contributed by atoms with Crippen LogP contribution in [0.25, 0.3) is 0 Å². The highest BCUT2D eigenvalue weighted by atomic mass is 32.2. The summed E-state index contributed by atoms with van der Waals surface area (Å²) in [5.41, 5.74) is 0.994. The van der Waals surface area contributed by atoms with Crippen LogP contribution in [0.1, 0.15) is 13.8 Å². The van der Waals surface area contributed by atoms with Crippen LogP contribution in [-0.2, 0) is 0 Å². The maximum atomic E-state index is 7.19. The summed E-state index contributed by atoms with van der Waals surface area (Å²) >= 11 is 6.76. The molecular formula is C11H14N3S2+. The number of hydrogen-bond donors (Lipinski definition) is 1. The smallest absolute Gasteiger partial charge is 0.287 e. The molecule has 1 heterocycles. The van der Waals surface area contributed by atoms with Crippen LogP contribution in [0.2, 0.25) is 0 Å². The molecule has 0 saturated carbocycles. The first kappa shape index (κ1) is 12.9. The fraction of sp³-hybridized carbons (Fsp3) is 0.364.